The van der Waals surface area contributed by atoms with E-state index >= 15 is 0 Å². The topological polar surface area (TPSA) is 77.4 Å². The van der Waals surface area contributed by atoms with Crippen LogP contribution in [-0.4, -0.2) is 48.3 Å². The number of rotatable bonds is 9. The number of aliphatic imine (C=N–C) groups is 1. The lowest BCUT2D eigenvalue weighted by Gasteiger charge is -2.14. The molecule has 9 heteroatoms. The second kappa shape index (κ2) is 12.3. The number of nitrogens with zero attached hydrogens (tertiary/aromatic N) is 2. The number of carbonyl (C=O) groups is 2. The van der Waals surface area contributed by atoms with E-state index in [0.717, 1.165) is 9.13 Å². The van der Waals surface area contributed by atoms with E-state index in [1.807, 2.05) is 39.0 Å². The summed E-state index contributed by atoms with van der Waals surface area (Å²) in [6.45, 7) is 9.33. The Kier molecular flexibility index (Phi) is 9.40. The number of halogens is 1. The van der Waals surface area contributed by atoms with Crippen LogP contribution < -0.4 is 9.47 Å². The van der Waals surface area contributed by atoms with Crippen molar-refractivity contribution < 1.29 is 23.8 Å². The Hall–Kier alpha value is -2.53. The summed E-state index contributed by atoms with van der Waals surface area (Å²) in [6.07, 6.45) is 1.84. The van der Waals surface area contributed by atoms with Gasteiger partial charge in [-0.25, -0.2) is 9.79 Å². The summed E-state index contributed by atoms with van der Waals surface area (Å²) in [5.74, 6) is 0.837. The summed E-state index contributed by atoms with van der Waals surface area (Å²) in [6, 6.07) is 10.7. The number of benzene rings is 2. The SMILES string of the molecule is CCOC(=O)c1cccc(N=C2SC(=Cc3cc(I)c(OCC)c(OCC)c3)C(=O)N2CC)c1. The molecule has 1 aliphatic rings. The predicted molar refractivity (Wildman–Crippen MR) is 144 cm³/mol. The molecular weight excluding hydrogens is 567 g/mol. The van der Waals surface area contributed by atoms with Crippen molar-refractivity contribution >= 4 is 63.2 Å². The second-order valence-corrected chi connectivity index (χ2v) is 9.19. The van der Waals surface area contributed by atoms with Crippen LogP contribution in [0.5, 0.6) is 11.5 Å². The Morgan fingerprint density at radius 1 is 1.09 bits per heavy atom. The van der Waals surface area contributed by atoms with Crippen LogP contribution in [0.4, 0.5) is 5.69 Å². The molecule has 1 heterocycles. The molecule has 1 amide bonds. The lowest BCUT2D eigenvalue weighted by atomic mass is 10.2. The molecule has 0 atom stereocenters. The first-order chi connectivity index (χ1) is 16.4. The molecule has 0 saturated carbocycles. The van der Waals surface area contributed by atoms with Gasteiger partial charge in [-0.2, -0.15) is 0 Å². The van der Waals surface area contributed by atoms with Gasteiger partial charge in [-0.05, 0) is 104 Å². The molecule has 3 rings (SSSR count). The van der Waals surface area contributed by atoms with Gasteiger partial charge in [0.25, 0.3) is 5.91 Å². The summed E-state index contributed by atoms with van der Waals surface area (Å²) < 4.78 is 17.5. The average molecular weight is 594 g/mol. The fourth-order valence-corrected chi connectivity index (χ4v) is 5.11. The molecule has 7 nitrogen and oxygen atoms in total. The van der Waals surface area contributed by atoms with Gasteiger partial charge in [0, 0.05) is 6.54 Å². The molecule has 180 valence electrons. The Balaban J connectivity index is 1.94. The maximum atomic E-state index is 13.1. The average Bonchev–Trinajstić information content (AvgIpc) is 3.10. The fourth-order valence-electron chi connectivity index (χ4n) is 3.27. The standard InChI is InChI=1S/C25H27IN2O5S/c1-5-28-23(29)21(14-16-12-19(26)22(32-7-3)20(13-16)31-6-2)34-25(28)27-18-11-9-10-17(15-18)24(30)33-8-4/h9-15H,5-8H2,1-4H3. The van der Waals surface area contributed by atoms with Gasteiger partial charge in [-0.3, -0.25) is 9.69 Å². The zero-order valence-electron chi connectivity index (χ0n) is 19.6. The lowest BCUT2D eigenvalue weighted by Crippen LogP contribution is -2.28. The molecule has 0 bridgehead atoms. The first-order valence-electron chi connectivity index (χ1n) is 11.1. The number of amides is 1. The van der Waals surface area contributed by atoms with Gasteiger partial charge in [0.1, 0.15) is 0 Å². The van der Waals surface area contributed by atoms with Crippen molar-refractivity contribution in [2.75, 3.05) is 26.4 Å². The minimum atomic E-state index is -0.400. The molecule has 0 spiro atoms. The first kappa shape index (κ1) is 26.1. The maximum absolute atomic E-state index is 13.1. The molecule has 1 saturated heterocycles. The van der Waals surface area contributed by atoms with E-state index in [1.165, 1.54) is 11.8 Å². The quantitative estimate of drug-likeness (QED) is 0.205. The van der Waals surface area contributed by atoms with Crippen molar-refractivity contribution in [3.05, 3.63) is 56.0 Å². The molecule has 34 heavy (non-hydrogen) atoms. The van der Waals surface area contributed by atoms with E-state index in [2.05, 4.69) is 27.6 Å². The van der Waals surface area contributed by atoms with Gasteiger partial charge in [-0.1, -0.05) is 6.07 Å². The highest BCUT2D eigenvalue weighted by Crippen LogP contribution is 2.38. The smallest absolute Gasteiger partial charge is 0.338 e. The Bertz CT molecular complexity index is 1130. The van der Waals surface area contributed by atoms with E-state index in [4.69, 9.17) is 14.2 Å². The third kappa shape index (κ3) is 6.12. The van der Waals surface area contributed by atoms with Gasteiger partial charge in [0.15, 0.2) is 16.7 Å². The number of hydrogen-bond donors (Lipinski definition) is 0. The molecule has 1 aliphatic heterocycles. The zero-order valence-corrected chi connectivity index (χ0v) is 22.6. The number of carbonyl (C=O) groups excluding carboxylic acids is 2. The molecular formula is C25H27IN2O5S. The van der Waals surface area contributed by atoms with Crippen LogP contribution in [-0.2, 0) is 9.53 Å². The molecule has 0 radical (unpaired) electrons. The highest BCUT2D eigenvalue weighted by atomic mass is 127. The first-order valence-corrected chi connectivity index (χ1v) is 13.0. The van der Waals surface area contributed by atoms with Crippen molar-refractivity contribution in [1.29, 1.82) is 0 Å². The van der Waals surface area contributed by atoms with Crippen LogP contribution in [0.15, 0.2) is 46.3 Å². The molecule has 1 fully saturated rings. The van der Waals surface area contributed by atoms with Crippen molar-refractivity contribution in [3.8, 4) is 11.5 Å². The highest BCUT2D eigenvalue weighted by molar-refractivity contribution is 14.1. The van der Waals surface area contributed by atoms with Crippen LogP contribution >= 0.6 is 34.4 Å². The number of hydrogen-bond acceptors (Lipinski definition) is 7. The molecule has 0 N–H and O–H groups in total. The minimum absolute atomic E-state index is 0.116. The van der Waals surface area contributed by atoms with E-state index in [0.29, 0.717) is 59.2 Å². The predicted octanol–water partition coefficient (Wildman–Crippen LogP) is 5.89. The van der Waals surface area contributed by atoms with Gasteiger partial charge in [0.05, 0.1) is 39.5 Å². The summed E-state index contributed by atoms with van der Waals surface area (Å²) in [4.78, 5) is 32.0. The number of esters is 1. The van der Waals surface area contributed by atoms with Crippen LogP contribution in [0.2, 0.25) is 0 Å². The fraction of sp³-hybridized carbons (Fsp3) is 0.320. The number of likely N-dealkylation sites (N-methyl/N-ethyl adjacent to an activating group) is 1. The number of ether oxygens (including phenoxy) is 3. The lowest BCUT2D eigenvalue weighted by molar-refractivity contribution is -0.122. The maximum Gasteiger partial charge on any atom is 0.338 e. The number of thioether (sulfide) groups is 1. The highest BCUT2D eigenvalue weighted by Gasteiger charge is 2.32. The van der Waals surface area contributed by atoms with Crippen molar-refractivity contribution in [2.45, 2.75) is 27.7 Å². The molecule has 2 aromatic carbocycles. The molecule has 0 aromatic heterocycles. The van der Waals surface area contributed by atoms with Crippen molar-refractivity contribution in [2.24, 2.45) is 4.99 Å². The Labute approximate surface area is 217 Å². The van der Waals surface area contributed by atoms with Crippen LogP contribution in [0.25, 0.3) is 6.08 Å². The second-order valence-electron chi connectivity index (χ2n) is 7.02. The molecule has 0 unspecified atom stereocenters. The normalized spacial score (nSPS) is 15.8. The van der Waals surface area contributed by atoms with Crippen molar-refractivity contribution in [3.63, 3.8) is 0 Å². The molecule has 2 aromatic rings. The third-order valence-electron chi connectivity index (χ3n) is 4.70. The summed E-state index contributed by atoms with van der Waals surface area (Å²) in [7, 11) is 0. The van der Waals surface area contributed by atoms with E-state index in [9.17, 15) is 9.59 Å². The Morgan fingerprint density at radius 3 is 2.53 bits per heavy atom. The van der Waals surface area contributed by atoms with Gasteiger partial charge in [-0.15, -0.1) is 0 Å². The summed E-state index contributed by atoms with van der Waals surface area (Å²) >= 11 is 3.52. The van der Waals surface area contributed by atoms with Crippen LogP contribution in [0.1, 0.15) is 43.6 Å². The van der Waals surface area contributed by atoms with Crippen molar-refractivity contribution in [1.82, 2.24) is 4.90 Å². The van der Waals surface area contributed by atoms with Gasteiger partial charge >= 0.3 is 5.97 Å². The van der Waals surface area contributed by atoms with Gasteiger partial charge in [0.2, 0.25) is 0 Å². The molecule has 0 aliphatic carbocycles. The van der Waals surface area contributed by atoms with Gasteiger partial charge < -0.3 is 14.2 Å². The zero-order chi connectivity index (χ0) is 24.7. The number of amidine groups is 1. The van der Waals surface area contributed by atoms with E-state index in [-0.39, 0.29) is 5.91 Å². The van der Waals surface area contributed by atoms with Crippen LogP contribution in [0.3, 0.4) is 0 Å². The monoisotopic (exact) mass is 594 g/mol. The minimum Gasteiger partial charge on any atom is -0.490 e. The summed E-state index contributed by atoms with van der Waals surface area (Å²) in [5, 5.41) is 0.561. The van der Waals surface area contributed by atoms with E-state index < -0.39 is 5.97 Å². The van der Waals surface area contributed by atoms with E-state index in [1.54, 1.807) is 36.1 Å². The largest absolute Gasteiger partial charge is 0.490 e. The third-order valence-corrected chi connectivity index (χ3v) is 6.51. The summed E-state index contributed by atoms with van der Waals surface area (Å²) in [5.41, 5.74) is 1.84. The Morgan fingerprint density at radius 2 is 1.85 bits per heavy atom. The van der Waals surface area contributed by atoms with Crippen LogP contribution in [0, 0.1) is 3.57 Å².